The fraction of sp³-hybridized carbons (Fsp3) is 0.723. The molecule has 68 heavy (non-hydrogen) atoms. The fourth-order valence-corrected chi connectivity index (χ4v) is 9.63. The Kier molecular flexibility index (Phi) is 44.8. The summed E-state index contributed by atoms with van der Waals surface area (Å²) in [5.74, 6) is 0. The van der Waals surface area contributed by atoms with E-state index >= 15 is 0 Å². The molecule has 0 amide bonds. The molecule has 2 aromatic carbocycles. The van der Waals surface area contributed by atoms with Gasteiger partial charge in [0.2, 0.25) is 11.4 Å². The molecule has 0 unspecified atom stereocenters. The van der Waals surface area contributed by atoms with Crippen LogP contribution < -0.4 is 0 Å². The number of nitrogens with zero attached hydrogens (tertiary/aromatic N) is 2. The number of benzene rings is 2. The van der Waals surface area contributed by atoms with Gasteiger partial charge in [-0.3, -0.25) is 0 Å². The van der Waals surface area contributed by atoms with Crippen molar-refractivity contribution in [1.29, 1.82) is 0 Å². The summed E-state index contributed by atoms with van der Waals surface area (Å²) in [5.41, 5.74) is 26.0. The molecule has 1 aliphatic heterocycles. The van der Waals surface area contributed by atoms with Crippen LogP contribution in [0.1, 0.15) is 313 Å². The predicted octanol–water partition coefficient (Wildman–Crippen LogP) is 22.5. The molecule has 0 radical (unpaired) electrons. The summed E-state index contributed by atoms with van der Waals surface area (Å²) in [4.78, 5) is 0. The van der Waals surface area contributed by atoms with E-state index in [4.69, 9.17) is 0 Å². The standard InChI is InChI=1S/C51H82N2.2C7H15.Ni/c1-7-13-19-22-24-27-32-44-36-42(30-17-11-5)38-46(40-44)50-48(34-26-16-10-4)49(35-29-21-15-9-3)51(53(50)52)47-39-43(31-18-12-6)37-45(41-47)33-28-25-23-20-14-8-2;2*1-3-5-7-6-4-2;/h36-41H,7-35H2,1-6H3;2*1,3-7H2,2H3;/q;2*-1;+2. The van der Waals surface area contributed by atoms with Crippen LogP contribution in [0, 0.1) is 13.8 Å². The monoisotopic (exact) mass is 979 g/mol. The summed E-state index contributed by atoms with van der Waals surface area (Å²) in [7, 11) is 0. The first-order valence-corrected chi connectivity index (χ1v) is 29.6. The van der Waals surface area contributed by atoms with Gasteiger partial charge in [-0.15, -0.1) is 0 Å². The quantitative estimate of drug-likeness (QED) is 0.0276. The number of allylic oxidation sites excluding steroid dienone is 2. The molecule has 0 fully saturated rings. The van der Waals surface area contributed by atoms with Crippen LogP contribution in [-0.4, -0.2) is 4.70 Å². The molecule has 3 rings (SSSR count). The van der Waals surface area contributed by atoms with E-state index in [9.17, 15) is 5.53 Å². The molecule has 0 spiro atoms. The van der Waals surface area contributed by atoms with Gasteiger partial charge < -0.3 is 19.4 Å². The molecule has 0 saturated carbocycles. The third-order valence-corrected chi connectivity index (χ3v) is 13.8. The molecule has 1 aliphatic rings. The van der Waals surface area contributed by atoms with E-state index in [2.05, 4.69) is 106 Å². The van der Waals surface area contributed by atoms with Crippen molar-refractivity contribution in [2.45, 2.75) is 306 Å². The first-order valence-electron chi connectivity index (χ1n) is 29.6. The van der Waals surface area contributed by atoms with Crippen molar-refractivity contribution in [3.63, 3.8) is 0 Å². The summed E-state index contributed by atoms with van der Waals surface area (Å²) < 4.78 is 1.69. The van der Waals surface area contributed by atoms with Gasteiger partial charge in [-0.1, -0.05) is 228 Å². The average Bonchev–Trinajstić information content (AvgIpc) is 3.61. The van der Waals surface area contributed by atoms with Crippen molar-refractivity contribution >= 4 is 11.4 Å². The molecule has 2 nitrogen and oxygen atoms in total. The number of hydrogen-bond acceptors (Lipinski definition) is 0. The minimum atomic E-state index is 0. The van der Waals surface area contributed by atoms with Crippen molar-refractivity contribution in [3.8, 4) is 0 Å². The Hall–Kier alpha value is -1.99. The normalized spacial score (nSPS) is 12.3. The first-order chi connectivity index (χ1) is 32.8. The molecule has 0 aliphatic carbocycles. The number of hydrogen-bond donors (Lipinski definition) is 0. The van der Waals surface area contributed by atoms with E-state index in [-0.39, 0.29) is 16.5 Å². The van der Waals surface area contributed by atoms with Gasteiger partial charge in [0.15, 0.2) is 0 Å². The van der Waals surface area contributed by atoms with Gasteiger partial charge >= 0.3 is 16.5 Å². The Morgan fingerprint density at radius 2 is 0.544 bits per heavy atom. The third kappa shape index (κ3) is 29.4. The number of rotatable bonds is 39. The van der Waals surface area contributed by atoms with Gasteiger partial charge in [0, 0.05) is 22.3 Å². The van der Waals surface area contributed by atoms with Gasteiger partial charge in [-0.25, -0.2) is 4.70 Å². The summed E-state index contributed by atoms with van der Waals surface area (Å²) in [6.07, 6.45) is 48.9. The zero-order valence-electron chi connectivity index (χ0n) is 46.7. The molecule has 392 valence electrons. The van der Waals surface area contributed by atoms with Crippen molar-refractivity contribution in [3.05, 3.63) is 100 Å². The molecule has 1 heterocycles. The molecule has 0 atom stereocenters. The van der Waals surface area contributed by atoms with E-state index in [1.165, 1.54) is 244 Å². The summed E-state index contributed by atoms with van der Waals surface area (Å²) in [5, 5.41) is 0. The van der Waals surface area contributed by atoms with Crippen LogP contribution in [0.3, 0.4) is 0 Å². The Morgan fingerprint density at radius 1 is 0.309 bits per heavy atom. The summed E-state index contributed by atoms with van der Waals surface area (Å²) in [6.45, 7) is 25.8. The van der Waals surface area contributed by atoms with E-state index < -0.39 is 0 Å². The van der Waals surface area contributed by atoms with Gasteiger partial charge in [-0.05, 0) is 124 Å². The zero-order valence-corrected chi connectivity index (χ0v) is 47.7. The Morgan fingerprint density at radius 3 is 0.868 bits per heavy atom. The van der Waals surface area contributed by atoms with Gasteiger partial charge in [0.05, 0.1) is 0 Å². The Bertz CT molecular complexity index is 1550. The molecular weight excluding hydrogens is 867 g/mol. The third-order valence-electron chi connectivity index (χ3n) is 13.8. The van der Waals surface area contributed by atoms with E-state index in [0.717, 1.165) is 62.8 Å². The predicted molar refractivity (Wildman–Crippen MR) is 303 cm³/mol. The van der Waals surface area contributed by atoms with Crippen LogP contribution in [0.2, 0.25) is 0 Å². The van der Waals surface area contributed by atoms with Crippen LogP contribution in [0.5, 0.6) is 0 Å². The fourth-order valence-electron chi connectivity index (χ4n) is 9.63. The van der Waals surface area contributed by atoms with Crippen molar-refractivity contribution in [2.24, 2.45) is 0 Å². The first kappa shape index (κ1) is 66.0. The second kappa shape index (κ2) is 46.1. The van der Waals surface area contributed by atoms with Crippen molar-refractivity contribution in [2.75, 3.05) is 0 Å². The molecule has 2 aromatic rings. The molecular formula is C65H112N2Ni. The van der Waals surface area contributed by atoms with Gasteiger partial charge in [0.25, 0.3) is 0 Å². The van der Waals surface area contributed by atoms with Gasteiger partial charge in [-0.2, -0.15) is 12.8 Å². The molecule has 0 bridgehead atoms. The van der Waals surface area contributed by atoms with Crippen molar-refractivity contribution in [1.82, 2.24) is 0 Å². The van der Waals surface area contributed by atoms with Crippen LogP contribution in [-0.2, 0) is 42.2 Å². The summed E-state index contributed by atoms with van der Waals surface area (Å²) >= 11 is 0. The Labute approximate surface area is 436 Å². The minimum Gasteiger partial charge on any atom is -0.493 e. The van der Waals surface area contributed by atoms with Crippen molar-refractivity contribution < 1.29 is 21.2 Å². The largest absolute Gasteiger partial charge is 2.00 e. The summed E-state index contributed by atoms with van der Waals surface area (Å²) in [6, 6.07) is 14.8. The van der Waals surface area contributed by atoms with E-state index in [1.54, 1.807) is 4.70 Å². The number of unbranched alkanes of at least 4 members (excludes halogenated alkanes) is 25. The maximum Gasteiger partial charge on any atom is 2.00 e. The second-order valence-corrected chi connectivity index (χ2v) is 20.4. The Balaban J connectivity index is 0.00000259. The molecule has 0 aromatic heterocycles. The maximum absolute atomic E-state index is 12.7. The van der Waals surface area contributed by atoms with Gasteiger partial charge in [0.1, 0.15) is 0 Å². The topological polar surface area (TPSA) is 25.3 Å². The van der Waals surface area contributed by atoms with Crippen LogP contribution >= 0.6 is 0 Å². The number of aryl methyl sites for hydroxylation is 4. The molecule has 0 saturated heterocycles. The smallest absolute Gasteiger partial charge is 0.493 e. The van der Waals surface area contributed by atoms with E-state index in [0.29, 0.717) is 0 Å². The van der Waals surface area contributed by atoms with E-state index in [1.807, 2.05) is 0 Å². The van der Waals surface area contributed by atoms with Crippen LogP contribution in [0.15, 0.2) is 47.5 Å². The zero-order chi connectivity index (χ0) is 49.2. The minimum absolute atomic E-state index is 0. The van der Waals surface area contributed by atoms with Crippen LogP contribution in [0.25, 0.3) is 16.9 Å². The average molecular weight is 980 g/mol. The maximum atomic E-state index is 12.7. The molecule has 3 heteroatoms. The SMILES string of the molecule is CCCCCCCCc1cc(CCCC)cc(C2=C(CCCCC)C(CCCCCC)=C(c3cc(CCCC)cc(CCCCCCCC)c3)[N+]2=[N-])c1.[CH2-]CCCCCC.[CH2-]CCCCCC.[Ni+2]. The molecule has 0 N–H and O–H groups in total. The second-order valence-electron chi connectivity index (χ2n) is 20.4. The van der Waals surface area contributed by atoms with Crippen LogP contribution in [0.4, 0.5) is 0 Å².